The molecule has 2 nitrogen and oxygen atoms in total. The van der Waals surface area contributed by atoms with Crippen LogP contribution in [0.15, 0.2) is 24.3 Å². The van der Waals surface area contributed by atoms with Crippen molar-refractivity contribution >= 4 is 10.9 Å². The Morgan fingerprint density at radius 3 is 3.05 bits per heavy atom. The summed E-state index contributed by atoms with van der Waals surface area (Å²) in [4.78, 5) is 3.59. The minimum atomic E-state index is 0.670. The Bertz CT molecular complexity index is 541. The molecule has 1 aromatic heterocycles. The van der Waals surface area contributed by atoms with Gasteiger partial charge in [-0.2, -0.15) is 0 Å². The topological polar surface area (TPSA) is 27.8 Å². The molecule has 1 heterocycles. The van der Waals surface area contributed by atoms with E-state index in [1.807, 2.05) is 0 Å². The number of aryl methyl sites for hydroxylation is 1. The molecule has 1 aromatic carbocycles. The second-order valence-electron chi connectivity index (χ2n) is 5.73. The Morgan fingerprint density at radius 1 is 1.26 bits per heavy atom. The van der Waals surface area contributed by atoms with Crippen LogP contribution in [0.5, 0.6) is 0 Å². The van der Waals surface area contributed by atoms with Gasteiger partial charge in [0.15, 0.2) is 0 Å². The molecule has 2 aromatic rings. The first kappa shape index (κ1) is 12.7. The predicted octanol–water partition coefficient (Wildman–Crippen LogP) is 3.81. The van der Waals surface area contributed by atoms with Gasteiger partial charge in [0.25, 0.3) is 0 Å². The number of rotatable bonds is 5. The fraction of sp³-hybridized carbons (Fsp3) is 0.529. The smallest absolute Gasteiger partial charge is 0.0458 e. The molecule has 2 N–H and O–H groups in total. The number of unbranched alkanes of at least 4 members (excludes halogenated alkanes) is 2. The number of aromatic amines is 1. The highest BCUT2D eigenvalue weighted by molar-refractivity contribution is 5.84. The van der Waals surface area contributed by atoms with E-state index in [0.717, 1.165) is 0 Å². The van der Waals surface area contributed by atoms with Crippen molar-refractivity contribution in [2.75, 3.05) is 6.54 Å². The van der Waals surface area contributed by atoms with Crippen molar-refractivity contribution in [2.24, 2.45) is 0 Å². The molecule has 1 unspecified atom stereocenters. The fourth-order valence-electron chi connectivity index (χ4n) is 3.22. The largest absolute Gasteiger partial charge is 0.358 e. The van der Waals surface area contributed by atoms with Crippen LogP contribution in [0.4, 0.5) is 0 Å². The van der Waals surface area contributed by atoms with Gasteiger partial charge >= 0.3 is 0 Å². The minimum absolute atomic E-state index is 0.670. The average molecular weight is 256 g/mol. The quantitative estimate of drug-likeness (QED) is 0.782. The van der Waals surface area contributed by atoms with E-state index in [9.17, 15) is 0 Å². The lowest BCUT2D eigenvalue weighted by Gasteiger charge is -2.23. The van der Waals surface area contributed by atoms with E-state index in [1.165, 1.54) is 61.7 Å². The van der Waals surface area contributed by atoms with Gasteiger partial charge in [0.05, 0.1) is 0 Å². The molecule has 1 aliphatic carbocycles. The Hall–Kier alpha value is -1.28. The van der Waals surface area contributed by atoms with Crippen LogP contribution >= 0.6 is 0 Å². The van der Waals surface area contributed by atoms with Crippen LogP contribution in [0.3, 0.4) is 0 Å². The highest BCUT2D eigenvalue weighted by Gasteiger charge is 2.21. The second-order valence-corrected chi connectivity index (χ2v) is 5.73. The maximum atomic E-state index is 3.74. The molecule has 0 aliphatic heterocycles. The summed E-state index contributed by atoms with van der Waals surface area (Å²) in [5.41, 5.74) is 4.32. The first-order chi connectivity index (χ1) is 9.38. The number of fused-ring (bicyclic) bond motifs is 3. The van der Waals surface area contributed by atoms with Crippen LogP contribution in [0.25, 0.3) is 10.9 Å². The molecular weight excluding hydrogens is 232 g/mol. The van der Waals surface area contributed by atoms with Gasteiger partial charge in [-0.25, -0.2) is 0 Å². The molecule has 102 valence electrons. The summed E-state index contributed by atoms with van der Waals surface area (Å²) in [6.45, 7) is 3.44. The summed E-state index contributed by atoms with van der Waals surface area (Å²) in [6, 6.07) is 9.38. The lowest BCUT2D eigenvalue weighted by atomic mass is 9.91. The Labute approximate surface area is 115 Å². The van der Waals surface area contributed by atoms with Crippen molar-refractivity contribution in [3.63, 3.8) is 0 Å². The van der Waals surface area contributed by atoms with Gasteiger partial charge in [0.2, 0.25) is 0 Å². The summed E-state index contributed by atoms with van der Waals surface area (Å²) in [5, 5.41) is 5.17. The lowest BCUT2D eigenvalue weighted by molar-refractivity contribution is 0.449. The average Bonchev–Trinajstić information content (AvgIpc) is 2.82. The maximum Gasteiger partial charge on any atom is 0.0458 e. The van der Waals surface area contributed by atoms with Crippen LogP contribution in [0.2, 0.25) is 0 Å². The number of benzene rings is 1. The molecule has 19 heavy (non-hydrogen) atoms. The Kier molecular flexibility index (Phi) is 3.88. The number of hydrogen-bond acceptors (Lipinski definition) is 1. The molecule has 3 rings (SSSR count). The summed E-state index contributed by atoms with van der Waals surface area (Å²) >= 11 is 0. The van der Waals surface area contributed by atoms with Crippen LogP contribution in [0.1, 0.15) is 43.9 Å². The molecule has 1 atom stereocenters. The molecule has 0 bridgehead atoms. The van der Waals surface area contributed by atoms with Crippen LogP contribution in [0, 0.1) is 0 Å². The van der Waals surface area contributed by atoms with Crippen LogP contribution in [-0.4, -0.2) is 17.6 Å². The number of para-hydroxylation sites is 1. The van der Waals surface area contributed by atoms with Crippen molar-refractivity contribution in [1.29, 1.82) is 0 Å². The van der Waals surface area contributed by atoms with E-state index in [1.54, 1.807) is 5.56 Å². The number of aromatic nitrogens is 1. The van der Waals surface area contributed by atoms with Crippen molar-refractivity contribution in [3.05, 3.63) is 35.5 Å². The summed E-state index contributed by atoms with van der Waals surface area (Å²) in [7, 11) is 0. The van der Waals surface area contributed by atoms with Gasteiger partial charge in [-0.1, -0.05) is 38.0 Å². The molecule has 1 aliphatic rings. The lowest BCUT2D eigenvalue weighted by Crippen LogP contribution is -2.35. The van der Waals surface area contributed by atoms with Gasteiger partial charge in [-0.3, -0.25) is 0 Å². The van der Waals surface area contributed by atoms with E-state index < -0.39 is 0 Å². The van der Waals surface area contributed by atoms with Gasteiger partial charge in [-0.05, 0) is 43.9 Å². The number of nitrogens with one attached hydrogen (secondary N) is 2. The number of hydrogen-bond donors (Lipinski definition) is 2. The van der Waals surface area contributed by atoms with Gasteiger partial charge in [0.1, 0.15) is 0 Å². The van der Waals surface area contributed by atoms with Crippen molar-refractivity contribution < 1.29 is 0 Å². The summed E-state index contributed by atoms with van der Waals surface area (Å²) in [6.07, 6.45) is 7.61. The molecule has 0 amide bonds. The van der Waals surface area contributed by atoms with E-state index in [2.05, 4.69) is 41.5 Å². The van der Waals surface area contributed by atoms with E-state index in [0.29, 0.717) is 6.04 Å². The van der Waals surface area contributed by atoms with Crippen LogP contribution < -0.4 is 5.32 Å². The zero-order valence-electron chi connectivity index (χ0n) is 11.8. The fourth-order valence-corrected chi connectivity index (χ4v) is 3.22. The third kappa shape index (κ3) is 2.69. The second kappa shape index (κ2) is 5.79. The predicted molar refractivity (Wildman–Crippen MR) is 81.6 cm³/mol. The van der Waals surface area contributed by atoms with E-state index in [4.69, 9.17) is 0 Å². The van der Waals surface area contributed by atoms with Gasteiger partial charge in [-0.15, -0.1) is 0 Å². The minimum Gasteiger partial charge on any atom is -0.358 e. The third-order valence-electron chi connectivity index (χ3n) is 4.31. The standard InChI is InChI=1S/C17H24N2/c1-2-3-6-11-18-13-9-10-17-15(12-13)14-7-4-5-8-16(14)19-17/h4-5,7-8,13,18-19H,2-3,6,9-12H2,1H3. The third-order valence-corrected chi connectivity index (χ3v) is 4.31. The van der Waals surface area contributed by atoms with E-state index in [-0.39, 0.29) is 0 Å². The van der Waals surface area contributed by atoms with Crippen molar-refractivity contribution in [1.82, 2.24) is 10.3 Å². The highest BCUT2D eigenvalue weighted by atomic mass is 14.9. The molecule has 0 fully saturated rings. The van der Waals surface area contributed by atoms with Crippen molar-refractivity contribution in [3.8, 4) is 0 Å². The molecule has 0 saturated carbocycles. The maximum absolute atomic E-state index is 3.74. The molecule has 0 spiro atoms. The zero-order valence-corrected chi connectivity index (χ0v) is 11.8. The Morgan fingerprint density at radius 2 is 2.16 bits per heavy atom. The summed E-state index contributed by atoms with van der Waals surface area (Å²) in [5.74, 6) is 0. The SMILES string of the molecule is CCCCCNC1CCc2[nH]c3ccccc3c2C1. The van der Waals surface area contributed by atoms with Crippen LogP contribution in [-0.2, 0) is 12.8 Å². The monoisotopic (exact) mass is 256 g/mol. The number of H-pyrrole nitrogens is 1. The van der Waals surface area contributed by atoms with E-state index >= 15 is 0 Å². The highest BCUT2D eigenvalue weighted by Crippen LogP contribution is 2.28. The first-order valence-corrected chi connectivity index (χ1v) is 7.70. The molecule has 0 saturated heterocycles. The first-order valence-electron chi connectivity index (χ1n) is 7.70. The van der Waals surface area contributed by atoms with Gasteiger partial charge < -0.3 is 10.3 Å². The Balaban J connectivity index is 1.69. The molecule has 2 heteroatoms. The normalized spacial score (nSPS) is 18.7. The zero-order chi connectivity index (χ0) is 13.1. The molecule has 0 radical (unpaired) electrons. The summed E-state index contributed by atoms with van der Waals surface area (Å²) < 4.78 is 0. The molecular formula is C17H24N2. The van der Waals surface area contributed by atoms with Crippen molar-refractivity contribution in [2.45, 2.75) is 51.5 Å². The van der Waals surface area contributed by atoms with Gasteiger partial charge in [0, 0.05) is 22.6 Å².